The van der Waals surface area contributed by atoms with Crippen molar-refractivity contribution in [1.82, 2.24) is 10.6 Å². The predicted octanol–water partition coefficient (Wildman–Crippen LogP) is 1.14. The highest BCUT2D eigenvalue weighted by Crippen LogP contribution is 2.23. The predicted molar refractivity (Wildman–Crippen MR) is 62.1 cm³/mol. The van der Waals surface area contributed by atoms with E-state index in [0.29, 0.717) is 11.5 Å². The fraction of sp³-hybridized carbons (Fsp3) is 1.00. The molecule has 2 fully saturated rings. The molecule has 2 unspecified atom stereocenters. The molecule has 0 aliphatic carbocycles. The fourth-order valence-electron chi connectivity index (χ4n) is 2.52. The molecule has 0 bridgehead atoms. The zero-order valence-corrected chi connectivity index (χ0v) is 9.85. The zero-order chi connectivity index (χ0) is 10.6. The molecule has 15 heavy (non-hydrogen) atoms. The molecule has 0 saturated carbocycles. The van der Waals surface area contributed by atoms with Crippen LogP contribution in [0.25, 0.3) is 0 Å². The monoisotopic (exact) mass is 212 g/mol. The van der Waals surface area contributed by atoms with Gasteiger partial charge in [0.1, 0.15) is 0 Å². The molecular weight excluding hydrogens is 188 g/mol. The van der Waals surface area contributed by atoms with E-state index >= 15 is 0 Å². The third-order valence-electron chi connectivity index (χ3n) is 3.65. The lowest BCUT2D eigenvalue weighted by molar-refractivity contribution is 0.0158. The van der Waals surface area contributed by atoms with Crippen LogP contribution in [-0.4, -0.2) is 38.9 Å². The average molecular weight is 212 g/mol. The molecule has 2 N–H and O–H groups in total. The topological polar surface area (TPSA) is 33.3 Å². The molecule has 3 heteroatoms. The minimum atomic E-state index is 0.467. The summed E-state index contributed by atoms with van der Waals surface area (Å²) in [6, 6.07) is 0. The molecule has 0 aromatic carbocycles. The number of hydrogen-bond donors (Lipinski definition) is 2. The first kappa shape index (κ1) is 11.4. The summed E-state index contributed by atoms with van der Waals surface area (Å²) in [5.74, 6) is 0. The van der Waals surface area contributed by atoms with E-state index in [1.165, 1.54) is 32.2 Å². The van der Waals surface area contributed by atoms with Gasteiger partial charge in [0, 0.05) is 26.2 Å². The van der Waals surface area contributed by atoms with Gasteiger partial charge in [0.25, 0.3) is 0 Å². The first-order valence-corrected chi connectivity index (χ1v) is 6.32. The van der Waals surface area contributed by atoms with Crippen LogP contribution in [0, 0.1) is 5.41 Å². The summed E-state index contributed by atoms with van der Waals surface area (Å²) in [5.41, 5.74) is 0.467. The fourth-order valence-corrected chi connectivity index (χ4v) is 2.52. The van der Waals surface area contributed by atoms with E-state index in [4.69, 9.17) is 4.74 Å². The molecule has 2 aliphatic heterocycles. The van der Waals surface area contributed by atoms with Crippen molar-refractivity contribution in [3.05, 3.63) is 0 Å². The molecule has 3 nitrogen and oxygen atoms in total. The molecule has 0 aromatic heterocycles. The van der Waals surface area contributed by atoms with Crippen molar-refractivity contribution in [2.24, 2.45) is 5.41 Å². The largest absolute Gasteiger partial charge is 0.377 e. The molecule has 2 atom stereocenters. The first-order valence-electron chi connectivity index (χ1n) is 6.32. The van der Waals surface area contributed by atoms with Crippen LogP contribution < -0.4 is 10.6 Å². The van der Waals surface area contributed by atoms with Gasteiger partial charge in [0.2, 0.25) is 0 Å². The van der Waals surface area contributed by atoms with Crippen LogP contribution in [0.3, 0.4) is 0 Å². The zero-order valence-electron chi connectivity index (χ0n) is 9.85. The first-order chi connectivity index (χ1) is 7.29. The molecule has 0 spiro atoms. The summed E-state index contributed by atoms with van der Waals surface area (Å²) < 4.78 is 5.70. The maximum atomic E-state index is 5.70. The minimum absolute atomic E-state index is 0.467. The molecule has 2 aliphatic rings. The summed E-state index contributed by atoms with van der Waals surface area (Å²) in [6.07, 6.45) is 5.59. The number of ether oxygens (including phenoxy) is 1. The number of rotatable bonds is 4. The van der Waals surface area contributed by atoms with Gasteiger partial charge in [0.15, 0.2) is 0 Å². The van der Waals surface area contributed by atoms with Crippen molar-refractivity contribution in [2.75, 3.05) is 32.8 Å². The van der Waals surface area contributed by atoms with E-state index in [0.717, 1.165) is 26.2 Å². The lowest BCUT2D eigenvalue weighted by atomic mass is 9.90. The van der Waals surface area contributed by atoms with Crippen LogP contribution in [0.1, 0.15) is 32.6 Å². The highest BCUT2D eigenvalue weighted by atomic mass is 16.5. The van der Waals surface area contributed by atoms with Crippen LogP contribution in [0.5, 0.6) is 0 Å². The van der Waals surface area contributed by atoms with Crippen molar-refractivity contribution >= 4 is 0 Å². The van der Waals surface area contributed by atoms with E-state index in [-0.39, 0.29) is 0 Å². The lowest BCUT2D eigenvalue weighted by Gasteiger charge is -2.27. The van der Waals surface area contributed by atoms with Gasteiger partial charge in [-0.05, 0) is 37.6 Å². The quantitative estimate of drug-likeness (QED) is 0.733. The van der Waals surface area contributed by atoms with Gasteiger partial charge in [-0.2, -0.15) is 0 Å². The van der Waals surface area contributed by atoms with Crippen molar-refractivity contribution in [3.8, 4) is 0 Å². The Labute approximate surface area is 93.0 Å². The van der Waals surface area contributed by atoms with Gasteiger partial charge in [-0.3, -0.25) is 0 Å². The Hall–Kier alpha value is -0.120. The van der Waals surface area contributed by atoms with E-state index in [2.05, 4.69) is 17.6 Å². The van der Waals surface area contributed by atoms with Crippen LogP contribution in [0.2, 0.25) is 0 Å². The van der Waals surface area contributed by atoms with Crippen molar-refractivity contribution in [2.45, 2.75) is 38.7 Å². The van der Waals surface area contributed by atoms with E-state index < -0.39 is 0 Å². The molecule has 0 aromatic rings. The number of hydrogen-bond acceptors (Lipinski definition) is 3. The lowest BCUT2D eigenvalue weighted by Crippen LogP contribution is -2.39. The summed E-state index contributed by atoms with van der Waals surface area (Å²) in [5, 5.41) is 7.00. The third-order valence-corrected chi connectivity index (χ3v) is 3.65. The Morgan fingerprint density at radius 2 is 2.40 bits per heavy atom. The summed E-state index contributed by atoms with van der Waals surface area (Å²) in [4.78, 5) is 0. The van der Waals surface area contributed by atoms with Crippen LogP contribution in [-0.2, 0) is 4.74 Å². The van der Waals surface area contributed by atoms with E-state index in [9.17, 15) is 0 Å². The second-order valence-corrected chi connectivity index (χ2v) is 5.36. The Kier molecular flexibility index (Phi) is 4.00. The summed E-state index contributed by atoms with van der Waals surface area (Å²) in [7, 11) is 0. The van der Waals surface area contributed by atoms with E-state index in [1.807, 2.05) is 0 Å². The standard InChI is InChI=1S/C12H24N2O/c1-12(5-6-13-9-12)10-14-8-11-4-2-3-7-15-11/h11,13-14H,2-10H2,1H3. The Morgan fingerprint density at radius 3 is 3.07 bits per heavy atom. The van der Waals surface area contributed by atoms with Crippen molar-refractivity contribution < 1.29 is 4.74 Å². The van der Waals surface area contributed by atoms with E-state index in [1.54, 1.807) is 0 Å². The maximum absolute atomic E-state index is 5.70. The van der Waals surface area contributed by atoms with Crippen LogP contribution in [0.15, 0.2) is 0 Å². The maximum Gasteiger partial charge on any atom is 0.0699 e. The van der Waals surface area contributed by atoms with Crippen LogP contribution >= 0.6 is 0 Å². The SMILES string of the molecule is CC1(CNCC2CCCCO2)CCNC1. The van der Waals surface area contributed by atoms with Gasteiger partial charge in [-0.15, -0.1) is 0 Å². The highest BCUT2D eigenvalue weighted by molar-refractivity contribution is 4.85. The number of nitrogens with one attached hydrogen (secondary N) is 2. The second kappa shape index (κ2) is 5.28. The van der Waals surface area contributed by atoms with Gasteiger partial charge in [-0.25, -0.2) is 0 Å². The molecule has 88 valence electrons. The average Bonchev–Trinajstić information content (AvgIpc) is 2.67. The smallest absolute Gasteiger partial charge is 0.0699 e. The van der Waals surface area contributed by atoms with Gasteiger partial charge < -0.3 is 15.4 Å². The molecule has 2 rings (SSSR count). The molecule has 0 amide bonds. The molecule has 0 radical (unpaired) electrons. The molecule has 2 heterocycles. The normalized spacial score (nSPS) is 37.0. The molecule has 2 saturated heterocycles. The van der Waals surface area contributed by atoms with Crippen molar-refractivity contribution in [3.63, 3.8) is 0 Å². The highest BCUT2D eigenvalue weighted by Gasteiger charge is 2.28. The van der Waals surface area contributed by atoms with Crippen molar-refractivity contribution in [1.29, 1.82) is 0 Å². The molecular formula is C12H24N2O. The van der Waals surface area contributed by atoms with Gasteiger partial charge >= 0.3 is 0 Å². The minimum Gasteiger partial charge on any atom is -0.377 e. The van der Waals surface area contributed by atoms with Gasteiger partial charge in [-0.1, -0.05) is 6.92 Å². The van der Waals surface area contributed by atoms with Gasteiger partial charge in [0.05, 0.1) is 6.10 Å². The Balaban J connectivity index is 1.61. The second-order valence-electron chi connectivity index (χ2n) is 5.36. The summed E-state index contributed by atoms with van der Waals surface area (Å²) >= 11 is 0. The Bertz CT molecular complexity index is 184. The Morgan fingerprint density at radius 1 is 1.47 bits per heavy atom. The van der Waals surface area contributed by atoms with Crippen LogP contribution in [0.4, 0.5) is 0 Å². The third kappa shape index (κ3) is 3.44. The summed E-state index contributed by atoms with van der Waals surface area (Å²) in [6.45, 7) is 7.83.